The monoisotopic (exact) mass is 310 g/mol. The number of benzene rings is 2. The lowest BCUT2D eigenvalue weighted by atomic mass is 10.0. The van der Waals surface area contributed by atoms with Gasteiger partial charge >= 0.3 is 0 Å². The van der Waals surface area contributed by atoms with Crippen molar-refractivity contribution >= 4 is 5.91 Å². The zero-order valence-corrected chi connectivity index (χ0v) is 14.1. The Hall–Kier alpha value is -2.13. The fourth-order valence-electron chi connectivity index (χ4n) is 2.53. The summed E-state index contributed by atoms with van der Waals surface area (Å²) in [6.45, 7) is 4.20. The Morgan fingerprint density at radius 1 is 1.00 bits per heavy atom. The molecule has 0 aliphatic heterocycles. The highest BCUT2D eigenvalue weighted by Gasteiger charge is 2.05. The maximum absolute atomic E-state index is 11.7. The molecule has 0 aliphatic rings. The number of carbonyl (C=O) groups is 1. The van der Waals surface area contributed by atoms with Crippen LogP contribution in [0.1, 0.15) is 42.1 Å². The highest BCUT2D eigenvalue weighted by atomic mass is 16.1. The molecule has 0 spiro atoms. The van der Waals surface area contributed by atoms with Crippen LogP contribution < -0.4 is 10.6 Å². The minimum absolute atomic E-state index is 0.0558. The van der Waals surface area contributed by atoms with Gasteiger partial charge < -0.3 is 10.6 Å². The van der Waals surface area contributed by atoms with Gasteiger partial charge in [-0.3, -0.25) is 4.79 Å². The molecule has 0 fully saturated rings. The zero-order valence-electron chi connectivity index (χ0n) is 14.1. The van der Waals surface area contributed by atoms with Gasteiger partial charge in [-0.25, -0.2) is 0 Å². The van der Waals surface area contributed by atoms with Crippen molar-refractivity contribution in [1.29, 1.82) is 0 Å². The van der Waals surface area contributed by atoms with Crippen LogP contribution in [0.5, 0.6) is 0 Å². The Morgan fingerprint density at radius 2 is 1.78 bits per heavy atom. The summed E-state index contributed by atoms with van der Waals surface area (Å²) in [6.07, 6.45) is 3.78. The maximum atomic E-state index is 11.7. The fraction of sp³-hybridized carbons (Fsp3) is 0.350. The molecule has 2 aromatic carbocycles. The van der Waals surface area contributed by atoms with Crippen molar-refractivity contribution in [2.75, 3.05) is 13.6 Å². The van der Waals surface area contributed by atoms with Gasteiger partial charge in [0.05, 0.1) is 0 Å². The molecule has 0 saturated carbocycles. The second-order valence-electron chi connectivity index (χ2n) is 5.74. The van der Waals surface area contributed by atoms with Gasteiger partial charge in [-0.1, -0.05) is 56.2 Å². The number of carbonyl (C=O) groups excluding carboxylic acids is 1. The van der Waals surface area contributed by atoms with Crippen LogP contribution in [0.2, 0.25) is 0 Å². The van der Waals surface area contributed by atoms with Crippen LogP contribution in [-0.4, -0.2) is 19.5 Å². The standard InChI is InChI=1S/C20H26N2O/c1-3-4-5-13-22-15-16-9-11-17(12-10-16)18-7-6-8-19(14-18)20(23)21-2/h6-12,14,22H,3-5,13,15H2,1-2H3,(H,21,23). The van der Waals surface area contributed by atoms with Gasteiger partial charge in [-0.2, -0.15) is 0 Å². The minimum atomic E-state index is -0.0558. The summed E-state index contributed by atoms with van der Waals surface area (Å²) >= 11 is 0. The van der Waals surface area contributed by atoms with E-state index in [0.717, 1.165) is 24.2 Å². The number of hydrogen-bond acceptors (Lipinski definition) is 2. The van der Waals surface area contributed by atoms with E-state index < -0.39 is 0 Å². The summed E-state index contributed by atoms with van der Waals surface area (Å²) in [6, 6.07) is 16.2. The van der Waals surface area contributed by atoms with E-state index in [4.69, 9.17) is 0 Å². The Bertz CT molecular complexity index is 620. The summed E-state index contributed by atoms with van der Waals surface area (Å²) < 4.78 is 0. The van der Waals surface area contributed by atoms with E-state index in [9.17, 15) is 4.79 Å². The molecule has 2 aromatic rings. The molecule has 0 unspecified atom stereocenters. The van der Waals surface area contributed by atoms with Gasteiger partial charge in [-0.05, 0) is 41.8 Å². The molecule has 0 heterocycles. The van der Waals surface area contributed by atoms with Crippen molar-refractivity contribution in [3.05, 3.63) is 59.7 Å². The van der Waals surface area contributed by atoms with E-state index in [2.05, 4.69) is 41.8 Å². The third kappa shape index (κ3) is 5.22. The van der Waals surface area contributed by atoms with Crippen LogP contribution in [0, 0.1) is 0 Å². The largest absolute Gasteiger partial charge is 0.355 e. The highest BCUT2D eigenvalue weighted by molar-refractivity contribution is 5.95. The number of unbranched alkanes of at least 4 members (excludes halogenated alkanes) is 2. The van der Waals surface area contributed by atoms with Gasteiger partial charge in [0, 0.05) is 19.2 Å². The first-order chi connectivity index (χ1) is 11.2. The van der Waals surface area contributed by atoms with Gasteiger partial charge in [0.2, 0.25) is 0 Å². The summed E-state index contributed by atoms with van der Waals surface area (Å²) in [4.78, 5) is 11.7. The predicted octanol–water partition coefficient (Wildman–Crippen LogP) is 3.99. The average Bonchev–Trinajstić information content (AvgIpc) is 2.61. The Morgan fingerprint density at radius 3 is 2.48 bits per heavy atom. The number of rotatable bonds is 8. The Balaban J connectivity index is 1.98. The third-order valence-corrected chi connectivity index (χ3v) is 3.93. The molecule has 0 aliphatic carbocycles. The fourth-order valence-corrected chi connectivity index (χ4v) is 2.53. The number of amides is 1. The van der Waals surface area contributed by atoms with Crippen LogP contribution in [0.15, 0.2) is 48.5 Å². The lowest BCUT2D eigenvalue weighted by Gasteiger charge is -2.07. The first kappa shape index (κ1) is 17.2. The van der Waals surface area contributed by atoms with Crippen molar-refractivity contribution in [1.82, 2.24) is 10.6 Å². The van der Waals surface area contributed by atoms with Gasteiger partial charge in [0.25, 0.3) is 5.91 Å². The summed E-state index contributed by atoms with van der Waals surface area (Å²) in [7, 11) is 1.65. The molecule has 122 valence electrons. The highest BCUT2D eigenvalue weighted by Crippen LogP contribution is 2.21. The van der Waals surface area contributed by atoms with Crippen LogP contribution in [0.3, 0.4) is 0 Å². The quantitative estimate of drug-likeness (QED) is 0.724. The molecule has 0 bridgehead atoms. The summed E-state index contributed by atoms with van der Waals surface area (Å²) in [5, 5.41) is 6.13. The van der Waals surface area contributed by atoms with E-state index >= 15 is 0 Å². The smallest absolute Gasteiger partial charge is 0.251 e. The lowest BCUT2D eigenvalue weighted by molar-refractivity contribution is 0.0963. The van der Waals surface area contributed by atoms with Gasteiger partial charge in [-0.15, -0.1) is 0 Å². The number of nitrogens with one attached hydrogen (secondary N) is 2. The van der Waals surface area contributed by atoms with E-state index in [1.54, 1.807) is 7.05 Å². The third-order valence-electron chi connectivity index (χ3n) is 3.93. The molecule has 3 nitrogen and oxygen atoms in total. The predicted molar refractivity (Wildman–Crippen MR) is 96.5 cm³/mol. The molecule has 2 N–H and O–H groups in total. The van der Waals surface area contributed by atoms with Crippen molar-refractivity contribution < 1.29 is 4.79 Å². The normalized spacial score (nSPS) is 10.5. The first-order valence-corrected chi connectivity index (χ1v) is 8.36. The van der Waals surface area contributed by atoms with Crippen molar-refractivity contribution in [3.63, 3.8) is 0 Å². The Labute approximate surface area is 139 Å². The topological polar surface area (TPSA) is 41.1 Å². The number of hydrogen-bond donors (Lipinski definition) is 2. The molecular weight excluding hydrogens is 284 g/mol. The maximum Gasteiger partial charge on any atom is 0.251 e. The van der Waals surface area contributed by atoms with E-state index in [-0.39, 0.29) is 5.91 Å². The molecule has 2 rings (SSSR count). The molecule has 3 heteroatoms. The molecule has 0 aromatic heterocycles. The van der Waals surface area contributed by atoms with Crippen LogP contribution >= 0.6 is 0 Å². The Kier molecular flexibility index (Phi) is 6.82. The lowest BCUT2D eigenvalue weighted by Crippen LogP contribution is -2.17. The van der Waals surface area contributed by atoms with Crippen molar-refractivity contribution in [3.8, 4) is 11.1 Å². The molecule has 0 saturated heterocycles. The van der Waals surface area contributed by atoms with Crippen LogP contribution in [0.4, 0.5) is 0 Å². The second kappa shape index (κ2) is 9.11. The molecule has 23 heavy (non-hydrogen) atoms. The molecule has 0 radical (unpaired) electrons. The summed E-state index contributed by atoms with van der Waals surface area (Å²) in [5.74, 6) is -0.0558. The SMILES string of the molecule is CCCCCNCc1ccc(-c2cccc(C(=O)NC)c2)cc1. The van der Waals surface area contributed by atoms with Gasteiger partial charge in [0.15, 0.2) is 0 Å². The molecule has 1 amide bonds. The van der Waals surface area contributed by atoms with Crippen molar-refractivity contribution in [2.45, 2.75) is 32.7 Å². The minimum Gasteiger partial charge on any atom is -0.355 e. The summed E-state index contributed by atoms with van der Waals surface area (Å²) in [5.41, 5.74) is 4.17. The van der Waals surface area contributed by atoms with Crippen LogP contribution in [-0.2, 0) is 6.54 Å². The first-order valence-electron chi connectivity index (χ1n) is 8.36. The van der Waals surface area contributed by atoms with E-state index in [0.29, 0.717) is 5.56 Å². The molecule has 0 atom stereocenters. The zero-order chi connectivity index (χ0) is 16.5. The van der Waals surface area contributed by atoms with Gasteiger partial charge in [0.1, 0.15) is 0 Å². The van der Waals surface area contributed by atoms with Crippen LogP contribution in [0.25, 0.3) is 11.1 Å². The second-order valence-corrected chi connectivity index (χ2v) is 5.74. The van der Waals surface area contributed by atoms with E-state index in [1.165, 1.54) is 24.8 Å². The van der Waals surface area contributed by atoms with E-state index in [1.807, 2.05) is 24.3 Å². The molecular formula is C20H26N2O. The average molecular weight is 310 g/mol. The van der Waals surface area contributed by atoms with Crippen molar-refractivity contribution in [2.24, 2.45) is 0 Å².